The standard InChI is InChI=1S/C17H18ClN3O3/c1-3-6-20-16(22)12-7-13(10-19-9-12)21-15-8-11(17(23)24-2)4-5-14(15)18/h4-5,7-10,21H,3,6H2,1-2H3,(H,20,22). The molecule has 1 aromatic heterocycles. The summed E-state index contributed by atoms with van der Waals surface area (Å²) in [5.74, 6) is -0.650. The van der Waals surface area contributed by atoms with E-state index in [9.17, 15) is 9.59 Å². The zero-order chi connectivity index (χ0) is 17.5. The van der Waals surface area contributed by atoms with Gasteiger partial charge in [0.05, 0.1) is 40.8 Å². The highest BCUT2D eigenvalue weighted by molar-refractivity contribution is 6.33. The summed E-state index contributed by atoms with van der Waals surface area (Å²) in [6.07, 6.45) is 3.91. The lowest BCUT2D eigenvalue weighted by Crippen LogP contribution is -2.24. The first kappa shape index (κ1) is 17.7. The summed E-state index contributed by atoms with van der Waals surface area (Å²) in [6.45, 7) is 2.58. The molecule has 1 aromatic carbocycles. The number of nitrogens with zero attached hydrogens (tertiary/aromatic N) is 1. The lowest BCUT2D eigenvalue weighted by molar-refractivity contribution is 0.0600. The monoisotopic (exact) mass is 347 g/mol. The Morgan fingerprint density at radius 3 is 2.71 bits per heavy atom. The van der Waals surface area contributed by atoms with Crippen LogP contribution in [0, 0.1) is 0 Å². The van der Waals surface area contributed by atoms with Gasteiger partial charge in [0.25, 0.3) is 5.91 Å². The summed E-state index contributed by atoms with van der Waals surface area (Å²) in [6, 6.07) is 6.42. The van der Waals surface area contributed by atoms with Gasteiger partial charge < -0.3 is 15.4 Å². The predicted molar refractivity (Wildman–Crippen MR) is 92.9 cm³/mol. The van der Waals surface area contributed by atoms with E-state index in [2.05, 4.69) is 15.6 Å². The Morgan fingerprint density at radius 2 is 2.00 bits per heavy atom. The number of ether oxygens (including phenoxy) is 1. The third-order valence-corrected chi connectivity index (χ3v) is 3.53. The lowest BCUT2D eigenvalue weighted by Gasteiger charge is -2.11. The highest BCUT2D eigenvalue weighted by atomic mass is 35.5. The number of anilines is 2. The van der Waals surface area contributed by atoms with Crippen LogP contribution in [-0.2, 0) is 4.74 Å². The number of nitrogens with one attached hydrogen (secondary N) is 2. The van der Waals surface area contributed by atoms with Crippen molar-refractivity contribution in [3.63, 3.8) is 0 Å². The van der Waals surface area contributed by atoms with Gasteiger partial charge >= 0.3 is 5.97 Å². The molecule has 0 aliphatic carbocycles. The van der Waals surface area contributed by atoms with E-state index >= 15 is 0 Å². The van der Waals surface area contributed by atoms with Crippen LogP contribution < -0.4 is 10.6 Å². The van der Waals surface area contributed by atoms with Crippen LogP contribution in [0.25, 0.3) is 0 Å². The molecule has 1 amide bonds. The molecule has 0 aliphatic heterocycles. The number of aromatic nitrogens is 1. The zero-order valence-electron chi connectivity index (χ0n) is 13.4. The van der Waals surface area contributed by atoms with Gasteiger partial charge in [-0.25, -0.2) is 4.79 Å². The quantitative estimate of drug-likeness (QED) is 0.783. The minimum absolute atomic E-state index is 0.192. The molecule has 1 heterocycles. The van der Waals surface area contributed by atoms with Crippen LogP contribution in [0.1, 0.15) is 34.1 Å². The Hall–Kier alpha value is -2.60. The molecule has 0 spiro atoms. The van der Waals surface area contributed by atoms with Gasteiger partial charge in [-0.15, -0.1) is 0 Å². The number of methoxy groups -OCH3 is 1. The van der Waals surface area contributed by atoms with Crippen LogP contribution in [-0.4, -0.2) is 30.5 Å². The van der Waals surface area contributed by atoms with Crippen LogP contribution in [0.3, 0.4) is 0 Å². The van der Waals surface area contributed by atoms with Crippen LogP contribution in [0.4, 0.5) is 11.4 Å². The van der Waals surface area contributed by atoms with E-state index in [1.807, 2.05) is 6.92 Å². The predicted octanol–water partition coefficient (Wildman–Crippen LogP) is 3.41. The van der Waals surface area contributed by atoms with Crippen molar-refractivity contribution in [1.82, 2.24) is 10.3 Å². The maximum atomic E-state index is 12.0. The number of rotatable bonds is 6. The van der Waals surface area contributed by atoms with E-state index in [0.717, 1.165) is 6.42 Å². The fraction of sp³-hybridized carbons (Fsp3) is 0.235. The Balaban J connectivity index is 2.22. The molecular weight excluding hydrogens is 330 g/mol. The fourth-order valence-electron chi connectivity index (χ4n) is 1.99. The summed E-state index contributed by atoms with van der Waals surface area (Å²) in [5.41, 5.74) is 1.92. The normalized spacial score (nSPS) is 10.1. The molecule has 0 aliphatic rings. The molecule has 0 saturated heterocycles. The van der Waals surface area contributed by atoms with Crippen molar-refractivity contribution < 1.29 is 14.3 Å². The molecule has 6 nitrogen and oxygen atoms in total. The summed E-state index contributed by atoms with van der Waals surface area (Å²) >= 11 is 6.15. The molecule has 0 saturated carbocycles. The van der Waals surface area contributed by atoms with E-state index in [-0.39, 0.29) is 5.91 Å². The smallest absolute Gasteiger partial charge is 0.337 e. The van der Waals surface area contributed by atoms with E-state index < -0.39 is 5.97 Å². The minimum atomic E-state index is -0.458. The molecule has 7 heteroatoms. The highest BCUT2D eigenvalue weighted by Gasteiger charge is 2.11. The van der Waals surface area contributed by atoms with E-state index in [1.165, 1.54) is 13.3 Å². The molecule has 2 N–H and O–H groups in total. The molecule has 0 atom stereocenters. The van der Waals surface area contributed by atoms with Gasteiger partial charge in [0.15, 0.2) is 0 Å². The number of benzene rings is 1. The summed E-state index contributed by atoms with van der Waals surface area (Å²) in [5, 5.41) is 6.28. The molecule has 0 radical (unpaired) electrons. The Bertz CT molecular complexity index is 750. The zero-order valence-corrected chi connectivity index (χ0v) is 14.2. The van der Waals surface area contributed by atoms with Crippen LogP contribution >= 0.6 is 11.6 Å². The second-order valence-corrected chi connectivity index (χ2v) is 5.44. The number of amides is 1. The first-order valence-electron chi connectivity index (χ1n) is 7.43. The minimum Gasteiger partial charge on any atom is -0.465 e. The van der Waals surface area contributed by atoms with Crippen LogP contribution in [0.2, 0.25) is 5.02 Å². The fourth-order valence-corrected chi connectivity index (χ4v) is 2.16. The average Bonchev–Trinajstić information content (AvgIpc) is 2.61. The van der Waals surface area contributed by atoms with Gasteiger partial charge in [0, 0.05) is 12.7 Å². The second-order valence-electron chi connectivity index (χ2n) is 5.03. The van der Waals surface area contributed by atoms with Crippen molar-refractivity contribution in [2.45, 2.75) is 13.3 Å². The maximum Gasteiger partial charge on any atom is 0.337 e. The SMILES string of the molecule is CCCNC(=O)c1cncc(Nc2cc(C(=O)OC)ccc2Cl)c1. The molecule has 126 valence electrons. The number of hydrogen-bond donors (Lipinski definition) is 2. The Kier molecular flexibility index (Phi) is 6.14. The summed E-state index contributed by atoms with van der Waals surface area (Å²) in [7, 11) is 1.31. The topological polar surface area (TPSA) is 80.3 Å². The third-order valence-electron chi connectivity index (χ3n) is 3.20. The first-order valence-corrected chi connectivity index (χ1v) is 7.81. The molecule has 2 rings (SSSR count). The molecule has 0 unspecified atom stereocenters. The number of carbonyl (C=O) groups is 2. The van der Waals surface area contributed by atoms with Gasteiger partial charge in [-0.05, 0) is 30.7 Å². The number of esters is 1. The van der Waals surface area contributed by atoms with Crippen LogP contribution in [0.15, 0.2) is 36.7 Å². The van der Waals surface area contributed by atoms with Gasteiger partial charge in [0.2, 0.25) is 0 Å². The first-order chi connectivity index (χ1) is 11.5. The highest BCUT2D eigenvalue weighted by Crippen LogP contribution is 2.27. The molecule has 0 bridgehead atoms. The van der Waals surface area contributed by atoms with Crippen molar-refractivity contribution in [3.8, 4) is 0 Å². The lowest BCUT2D eigenvalue weighted by atomic mass is 10.2. The molecule has 2 aromatic rings. The second kappa shape index (κ2) is 8.31. The maximum absolute atomic E-state index is 12.0. The Labute approximate surface area is 145 Å². The Morgan fingerprint density at radius 1 is 1.21 bits per heavy atom. The molecule has 24 heavy (non-hydrogen) atoms. The largest absolute Gasteiger partial charge is 0.465 e. The number of hydrogen-bond acceptors (Lipinski definition) is 5. The van der Waals surface area contributed by atoms with Crippen molar-refractivity contribution in [3.05, 3.63) is 52.8 Å². The average molecular weight is 348 g/mol. The van der Waals surface area contributed by atoms with Gasteiger partial charge in [-0.3, -0.25) is 9.78 Å². The number of pyridine rings is 1. The van der Waals surface area contributed by atoms with Crippen molar-refractivity contribution in [2.75, 3.05) is 19.0 Å². The number of halogens is 1. The molecular formula is C17H18ClN3O3. The van der Waals surface area contributed by atoms with Crippen molar-refractivity contribution in [1.29, 1.82) is 0 Å². The van der Waals surface area contributed by atoms with Crippen LogP contribution in [0.5, 0.6) is 0 Å². The molecule has 0 fully saturated rings. The van der Waals surface area contributed by atoms with E-state index in [0.29, 0.717) is 34.1 Å². The summed E-state index contributed by atoms with van der Waals surface area (Å²) in [4.78, 5) is 27.7. The van der Waals surface area contributed by atoms with Crippen molar-refractivity contribution in [2.24, 2.45) is 0 Å². The number of carbonyl (C=O) groups excluding carboxylic acids is 2. The van der Waals surface area contributed by atoms with E-state index in [4.69, 9.17) is 16.3 Å². The van der Waals surface area contributed by atoms with Gasteiger partial charge in [0.1, 0.15) is 0 Å². The van der Waals surface area contributed by atoms with Crippen molar-refractivity contribution >= 4 is 34.9 Å². The van der Waals surface area contributed by atoms with Gasteiger partial charge in [-0.2, -0.15) is 0 Å². The summed E-state index contributed by atoms with van der Waals surface area (Å²) < 4.78 is 4.69. The van der Waals surface area contributed by atoms with E-state index in [1.54, 1.807) is 30.5 Å². The van der Waals surface area contributed by atoms with Gasteiger partial charge in [-0.1, -0.05) is 18.5 Å². The third kappa shape index (κ3) is 4.45.